The van der Waals surface area contributed by atoms with Crippen molar-refractivity contribution in [2.45, 2.75) is 67.8 Å². The molecule has 32 heavy (non-hydrogen) atoms. The second-order valence-electron chi connectivity index (χ2n) is 9.44. The second-order valence-corrected chi connectivity index (χ2v) is 18.1. The van der Waals surface area contributed by atoms with Crippen LogP contribution in [0.15, 0.2) is 64.4 Å². The van der Waals surface area contributed by atoms with Crippen LogP contribution in [-0.2, 0) is 25.2 Å². The molecule has 178 valence electrons. The maximum Gasteiger partial charge on any atom is 0.240 e. The summed E-state index contributed by atoms with van der Waals surface area (Å²) in [6, 6.07) is 15.3. The lowest BCUT2D eigenvalue weighted by molar-refractivity contribution is 0.175. The van der Waals surface area contributed by atoms with Gasteiger partial charge in [0.15, 0.2) is 8.32 Å². The van der Waals surface area contributed by atoms with E-state index in [0.717, 1.165) is 5.56 Å². The molecule has 0 amide bonds. The first-order chi connectivity index (χ1) is 14.8. The van der Waals surface area contributed by atoms with Gasteiger partial charge in [-0.2, -0.15) is 0 Å². The Kier molecular flexibility index (Phi) is 9.47. The molecule has 0 heterocycles. The molecular weight excluding hydrogens is 526 g/mol. The lowest BCUT2D eigenvalue weighted by atomic mass is 10.2. The zero-order valence-corrected chi connectivity index (χ0v) is 23.8. The van der Waals surface area contributed by atoms with Gasteiger partial charge in [0.1, 0.15) is 0 Å². The number of hydrogen-bond acceptors (Lipinski definition) is 4. The van der Waals surface area contributed by atoms with Crippen LogP contribution in [0.25, 0.3) is 0 Å². The van der Waals surface area contributed by atoms with E-state index >= 15 is 0 Å². The summed E-state index contributed by atoms with van der Waals surface area (Å²) in [5.74, 6) is 0.198. The maximum absolute atomic E-state index is 13.1. The van der Waals surface area contributed by atoms with Crippen molar-refractivity contribution in [1.82, 2.24) is 4.72 Å². The minimum Gasteiger partial charge on any atom is -0.411 e. The molecule has 5 nitrogen and oxygen atoms in total. The van der Waals surface area contributed by atoms with Gasteiger partial charge < -0.3 is 4.43 Å². The molecule has 3 atom stereocenters. The highest BCUT2D eigenvalue weighted by Gasteiger charge is 2.42. The van der Waals surface area contributed by atoms with Gasteiger partial charge >= 0.3 is 0 Å². The molecule has 1 N–H and O–H groups in total. The number of halogens is 1. The summed E-state index contributed by atoms with van der Waals surface area (Å²) in [5, 5.41) is 0.259. The third kappa shape index (κ3) is 7.33. The van der Waals surface area contributed by atoms with Gasteiger partial charge in [-0.3, -0.25) is 4.21 Å². The van der Waals surface area contributed by atoms with Crippen LogP contribution in [0, 0.1) is 6.92 Å². The highest BCUT2D eigenvalue weighted by atomic mass is 79.9. The van der Waals surface area contributed by atoms with Gasteiger partial charge in [0.05, 0.1) is 33.6 Å². The van der Waals surface area contributed by atoms with Gasteiger partial charge in [-0.1, -0.05) is 72.6 Å². The molecule has 2 aromatic rings. The number of alkyl halides is 1. The third-order valence-electron chi connectivity index (χ3n) is 5.83. The number of sulfonamides is 1. The third-order valence-corrected chi connectivity index (χ3v) is 14.0. The van der Waals surface area contributed by atoms with Crippen molar-refractivity contribution in [3.8, 4) is 0 Å². The monoisotopic (exact) mass is 559 g/mol. The van der Waals surface area contributed by atoms with Gasteiger partial charge in [-0.15, -0.1) is 0 Å². The average molecular weight is 561 g/mol. The summed E-state index contributed by atoms with van der Waals surface area (Å²) in [4.78, 5) is 0.898. The molecule has 0 saturated carbocycles. The smallest absolute Gasteiger partial charge is 0.240 e. The van der Waals surface area contributed by atoms with E-state index in [9.17, 15) is 12.6 Å². The highest BCUT2D eigenvalue weighted by Crippen LogP contribution is 2.38. The molecule has 0 aromatic heterocycles. The molecule has 0 spiro atoms. The molecule has 0 aliphatic rings. The van der Waals surface area contributed by atoms with Crippen molar-refractivity contribution in [1.29, 1.82) is 0 Å². The van der Waals surface area contributed by atoms with Gasteiger partial charge in [0.25, 0.3) is 0 Å². The lowest BCUT2D eigenvalue weighted by Crippen LogP contribution is -2.54. The summed E-state index contributed by atoms with van der Waals surface area (Å²) in [5.41, 5.74) is 0.985. The molecule has 0 aliphatic carbocycles. The van der Waals surface area contributed by atoms with Crippen LogP contribution in [0.3, 0.4) is 0 Å². The Morgan fingerprint density at radius 2 is 1.62 bits per heavy atom. The predicted molar refractivity (Wildman–Crippen MR) is 139 cm³/mol. The first-order valence-electron chi connectivity index (χ1n) is 10.5. The standard InChI is InChI=1S/C23H34BrNO4S2Si/c1-18-12-14-20(15-13-18)31(27,28)25-21(16-24)22(29-32(5,6)23(2,3)4)17-30(26)19-10-8-7-9-11-19/h7-15,21-22,25H,16-17H2,1-6H3/t21-,22-,30-/m1/s1. The fourth-order valence-electron chi connectivity index (χ4n) is 2.80. The zero-order valence-electron chi connectivity index (χ0n) is 19.6. The van der Waals surface area contributed by atoms with Crippen LogP contribution >= 0.6 is 15.9 Å². The minimum atomic E-state index is -3.77. The second kappa shape index (κ2) is 11.1. The fraction of sp³-hybridized carbons (Fsp3) is 0.478. The van der Waals surface area contributed by atoms with Crippen molar-refractivity contribution in [2.75, 3.05) is 11.1 Å². The van der Waals surface area contributed by atoms with Crippen molar-refractivity contribution >= 4 is 45.1 Å². The molecule has 2 aromatic carbocycles. The number of benzene rings is 2. The normalized spacial score (nSPS) is 15.8. The molecule has 0 bridgehead atoms. The van der Waals surface area contributed by atoms with E-state index in [-0.39, 0.29) is 15.7 Å². The first kappa shape index (κ1) is 27.4. The summed E-state index contributed by atoms with van der Waals surface area (Å²) >= 11 is 3.47. The number of nitrogens with one attached hydrogen (secondary N) is 1. The summed E-state index contributed by atoms with van der Waals surface area (Å²) in [6.07, 6.45) is -0.559. The maximum atomic E-state index is 13.1. The predicted octanol–water partition coefficient (Wildman–Crippen LogP) is 5.24. The van der Waals surface area contributed by atoms with E-state index < -0.39 is 41.3 Å². The molecular formula is C23H34BrNO4S2Si. The van der Waals surface area contributed by atoms with Gasteiger partial charge in [-0.05, 0) is 49.3 Å². The molecule has 0 fully saturated rings. The molecule has 0 aliphatic heterocycles. The molecule has 0 unspecified atom stereocenters. The van der Waals surface area contributed by atoms with Crippen LogP contribution in [0.2, 0.25) is 18.1 Å². The van der Waals surface area contributed by atoms with E-state index in [1.54, 1.807) is 24.3 Å². The van der Waals surface area contributed by atoms with Crippen LogP contribution in [0.1, 0.15) is 26.3 Å². The molecule has 0 saturated heterocycles. The Labute approximate surface area is 205 Å². The Balaban J connectivity index is 2.36. The quantitative estimate of drug-likeness (QED) is 0.319. The van der Waals surface area contributed by atoms with Crippen molar-refractivity contribution < 1.29 is 17.1 Å². The molecule has 2 rings (SSSR count). The Morgan fingerprint density at radius 3 is 2.12 bits per heavy atom. The van der Waals surface area contributed by atoms with E-state index in [0.29, 0.717) is 10.2 Å². The number of rotatable bonds is 10. The summed E-state index contributed by atoms with van der Waals surface area (Å²) in [6.45, 7) is 12.5. The SMILES string of the molecule is Cc1ccc(S(=O)(=O)N[C@H](CBr)[C@@H](C[S@@](=O)c2ccccc2)O[Si](C)(C)C(C)(C)C)cc1. The largest absolute Gasteiger partial charge is 0.411 e. The van der Waals surface area contributed by atoms with E-state index in [1.165, 1.54) is 0 Å². The number of aryl methyl sites for hydroxylation is 1. The van der Waals surface area contributed by atoms with E-state index in [4.69, 9.17) is 4.43 Å². The van der Waals surface area contributed by atoms with E-state index in [1.807, 2.05) is 37.3 Å². The first-order valence-corrected chi connectivity index (χ1v) is 17.4. The average Bonchev–Trinajstić information content (AvgIpc) is 2.71. The van der Waals surface area contributed by atoms with Gasteiger partial charge in [0, 0.05) is 10.2 Å². The van der Waals surface area contributed by atoms with Crippen molar-refractivity contribution in [3.05, 3.63) is 60.2 Å². The Bertz CT molecular complexity index is 1010. The van der Waals surface area contributed by atoms with Gasteiger partial charge in [-0.25, -0.2) is 13.1 Å². The van der Waals surface area contributed by atoms with Crippen LogP contribution < -0.4 is 4.72 Å². The topological polar surface area (TPSA) is 72.5 Å². The Hall–Kier alpha value is -0.843. The fourth-order valence-corrected chi connectivity index (χ4v) is 7.58. The molecule has 0 radical (unpaired) electrons. The lowest BCUT2D eigenvalue weighted by Gasteiger charge is -2.41. The molecule has 9 heteroatoms. The van der Waals surface area contributed by atoms with Crippen molar-refractivity contribution in [2.24, 2.45) is 0 Å². The zero-order chi connectivity index (χ0) is 24.2. The summed E-state index contributed by atoms with van der Waals surface area (Å²) in [7, 11) is -7.37. The van der Waals surface area contributed by atoms with Gasteiger partial charge in [0.2, 0.25) is 10.0 Å². The van der Waals surface area contributed by atoms with Crippen LogP contribution in [-0.4, -0.2) is 44.2 Å². The highest BCUT2D eigenvalue weighted by molar-refractivity contribution is 9.09. The minimum absolute atomic E-state index is 0.0772. The van der Waals surface area contributed by atoms with Crippen molar-refractivity contribution in [3.63, 3.8) is 0 Å². The Morgan fingerprint density at radius 1 is 1.06 bits per heavy atom. The summed E-state index contributed by atoms with van der Waals surface area (Å²) < 4.78 is 48.7. The van der Waals surface area contributed by atoms with Crippen LogP contribution in [0.5, 0.6) is 0 Å². The van der Waals surface area contributed by atoms with Crippen LogP contribution in [0.4, 0.5) is 0 Å². The van der Waals surface area contributed by atoms with E-state index in [2.05, 4.69) is 54.5 Å². The number of hydrogen-bond donors (Lipinski definition) is 1.